The second kappa shape index (κ2) is 6.83. The first-order valence-electron chi connectivity index (χ1n) is 7.31. The highest BCUT2D eigenvalue weighted by Crippen LogP contribution is 2.25. The second-order valence-electron chi connectivity index (χ2n) is 5.42. The minimum absolute atomic E-state index is 0.00189. The predicted molar refractivity (Wildman–Crippen MR) is 94.0 cm³/mol. The standard InChI is InChI=1S/C16H14ClN3O4S/c17-11-1-3-12(4-2-11)19-16(22)9-18-25(23,24)13-5-6-14-10(7-13)8-15(21)20-14/h1-7,18H,8-9H2,(H,19,22)(H,20,21). The Morgan fingerprint density at radius 1 is 1.16 bits per heavy atom. The first-order chi connectivity index (χ1) is 11.8. The molecule has 1 aliphatic rings. The highest BCUT2D eigenvalue weighted by molar-refractivity contribution is 7.89. The molecule has 3 N–H and O–H groups in total. The lowest BCUT2D eigenvalue weighted by molar-refractivity contribution is -0.115. The zero-order valence-corrected chi connectivity index (χ0v) is 14.4. The molecular formula is C16H14ClN3O4S. The average Bonchev–Trinajstić information content (AvgIpc) is 2.94. The molecule has 0 aliphatic carbocycles. The summed E-state index contributed by atoms with van der Waals surface area (Å²) in [5, 5.41) is 5.72. The summed E-state index contributed by atoms with van der Waals surface area (Å²) in [7, 11) is -3.86. The minimum Gasteiger partial charge on any atom is -0.326 e. The number of rotatable bonds is 5. The van der Waals surface area contributed by atoms with Crippen molar-refractivity contribution in [2.45, 2.75) is 11.3 Å². The lowest BCUT2D eigenvalue weighted by Gasteiger charge is -2.09. The van der Waals surface area contributed by atoms with Crippen molar-refractivity contribution in [3.8, 4) is 0 Å². The number of sulfonamides is 1. The van der Waals surface area contributed by atoms with Crippen LogP contribution in [0.15, 0.2) is 47.4 Å². The monoisotopic (exact) mass is 379 g/mol. The number of benzene rings is 2. The first-order valence-corrected chi connectivity index (χ1v) is 9.17. The van der Waals surface area contributed by atoms with Crippen LogP contribution in [-0.4, -0.2) is 26.8 Å². The van der Waals surface area contributed by atoms with Gasteiger partial charge in [0.25, 0.3) is 0 Å². The van der Waals surface area contributed by atoms with Crippen LogP contribution in [0.1, 0.15) is 5.56 Å². The van der Waals surface area contributed by atoms with Gasteiger partial charge in [0.2, 0.25) is 21.8 Å². The molecule has 3 rings (SSSR count). The normalized spacial score (nSPS) is 13.2. The van der Waals surface area contributed by atoms with E-state index < -0.39 is 22.5 Å². The van der Waals surface area contributed by atoms with Gasteiger partial charge in [0.1, 0.15) is 0 Å². The number of halogens is 1. The molecule has 7 nitrogen and oxygen atoms in total. The van der Waals surface area contributed by atoms with Gasteiger partial charge in [-0.3, -0.25) is 9.59 Å². The fourth-order valence-corrected chi connectivity index (χ4v) is 3.51. The lowest BCUT2D eigenvalue weighted by atomic mass is 10.2. The van der Waals surface area contributed by atoms with Gasteiger partial charge < -0.3 is 10.6 Å². The van der Waals surface area contributed by atoms with Gasteiger partial charge in [0.15, 0.2) is 0 Å². The van der Waals surface area contributed by atoms with E-state index in [9.17, 15) is 18.0 Å². The van der Waals surface area contributed by atoms with Crippen molar-refractivity contribution in [3.63, 3.8) is 0 Å². The third kappa shape index (κ3) is 4.16. The number of carbonyl (C=O) groups is 2. The maximum absolute atomic E-state index is 12.3. The molecule has 0 saturated heterocycles. The van der Waals surface area contributed by atoms with E-state index in [-0.39, 0.29) is 17.2 Å². The molecule has 1 aliphatic heterocycles. The van der Waals surface area contributed by atoms with Crippen LogP contribution in [0.5, 0.6) is 0 Å². The Morgan fingerprint density at radius 3 is 2.60 bits per heavy atom. The van der Waals surface area contributed by atoms with Crippen LogP contribution in [-0.2, 0) is 26.0 Å². The van der Waals surface area contributed by atoms with Gasteiger partial charge in [-0.2, -0.15) is 0 Å². The van der Waals surface area contributed by atoms with Crippen molar-refractivity contribution >= 4 is 44.8 Å². The number of amides is 2. The summed E-state index contributed by atoms with van der Waals surface area (Å²) in [6.07, 6.45) is 0.135. The largest absolute Gasteiger partial charge is 0.326 e. The zero-order chi connectivity index (χ0) is 18.0. The molecule has 2 amide bonds. The van der Waals surface area contributed by atoms with Gasteiger partial charge in [-0.05, 0) is 48.0 Å². The van der Waals surface area contributed by atoms with Crippen molar-refractivity contribution in [1.29, 1.82) is 0 Å². The Morgan fingerprint density at radius 2 is 1.88 bits per heavy atom. The molecule has 0 aromatic heterocycles. The number of carbonyl (C=O) groups excluding carboxylic acids is 2. The third-order valence-electron chi connectivity index (χ3n) is 3.56. The maximum Gasteiger partial charge on any atom is 0.241 e. The Balaban J connectivity index is 1.64. The SMILES string of the molecule is O=C(CNS(=O)(=O)c1ccc2c(c1)CC(=O)N2)Nc1ccc(Cl)cc1. The lowest BCUT2D eigenvalue weighted by Crippen LogP contribution is -2.32. The van der Waals surface area contributed by atoms with Crippen LogP contribution in [0.3, 0.4) is 0 Å². The molecule has 0 atom stereocenters. The van der Waals surface area contributed by atoms with E-state index in [1.165, 1.54) is 18.2 Å². The Labute approximate surface area is 149 Å². The molecule has 130 valence electrons. The fraction of sp³-hybridized carbons (Fsp3) is 0.125. The molecular weight excluding hydrogens is 366 g/mol. The van der Waals surface area contributed by atoms with E-state index in [0.29, 0.717) is 22.0 Å². The van der Waals surface area contributed by atoms with E-state index >= 15 is 0 Å². The van der Waals surface area contributed by atoms with Crippen LogP contribution in [0, 0.1) is 0 Å². The van der Waals surface area contributed by atoms with Gasteiger partial charge >= 0.3 is 0 Å². The fourth-order valence-electron chi connectivity index (χ4n) is 2.36. The summed E-state index contributed by atoms with van der Waals surface area (Å²) in [5.41, 5.74) is 1.72. The summed E-state index contributed by atoms with van der Waals surface area (Å²) in [5.74, 6) is -0.691. The topological polar surface area (TPSA) is 104 Å². The summed E-state index contributed by atoms with van der Waals surface area (Å²) in [4.78, 5) is 23.2. The van der Waals surface area contributed by atoms with E-state index in [4.69, 9.17) is 11.6 Å². The summed E-state index contributed by atoms with van der Waals surface area (Å²) in [6, 6.07) is 10.8. The summed E-state index contributed by atoms with van der Waals surface area (Å²) >= 11 is 5.76. The van der Waals surface area contributed by atoms with Crippen molar-refractivity contribution < 1.29 is 18.0 Å². The van der Waals surface area contributed by atoms with Crippen molar-refractivity contribution in [1.82, 2.24) is 4.72 Å². The molecule has 0 unspecified atom stereocenters. The molecule has 2 aromatic rings. The van der Waals surface area contributed by atoms with E-state index in [1.54, 1.807) is 24.3 Å². The molecule has 0 saturated carbocycles. The smallest absolute Gasteiger partial charge is 0.241 e. The molecule has 0 fully saturated rings. The Bertz CT molecular complexity index is 942. The molecule has 2 aromatic carbocycles. The van der Waals surface area contributed by atoms with E-state index in [2.05, 4.69) is 15.4 Å². The number of nitrogens with one attached hydrogen (secondary N) is 3. The van der Waals surface area contributed by atoms with Gasteiger partial charge in [0, 0.05) is 16.4 Å². The van der Waals surface area contributed by atoms with Gasteiger partial charge in [-0.15, -0.1) is 0 Å². The van der Waals surface area contributed by atoms with Crippen LogP contribution in [0.2, 0.25) is 5.02 Å². The van der Waals surface area contributed by atoms with Crippen LogP contribution < -0.4 is 15.4 Å². The summed E-state index contributed by atoms with van der Waals surface area (Å²) < 4.78 is 26.8. The van der Waals surface area contributed by atoms with Crippen molar-refractivity contribution in [2.75, 3.05) is 17.2 Å². The highest BCUT2D eigenvalue weighted by atomic mass is 35.5. The van der Waals surface area contributed by atoms with Gasteiger partial charge in [-0.1, -0.05) is 11.6 Å². The molecule has 0 radical (unpaired) electrons. The van der Waals surface area contributed by atoms with Crippen LogP contribution in [0.4, 0.5) is 11.4 Å². The maximum atomic E-state index is 12.3. The number of anilines is 2. The van der Waals surface area contributed by atoms with Crippen LogP contribution >= 0.6 is 11.6 Å². The van der Waals surface area contributed by atoms with Crippen molar-refractivity contribution in [2.24, 2.45) is 0 Å². The Kier molecular flexibility index (Phi) is 4.76. The average molecular weight is 380 g/mol. The van der Waals surface area contributed by atoms with Crippen LogP contribution in [0.25, 0.3) is 0 Å². The van der Waals surface area contributed by atoms with E-state index in [0.717, 1.165) is 0 Å². The number of fused-ring (bicyclic) bond motifs is 1. The summed E-state index contributed by atoms with van der Waals surface area (Å²) in [6.45, 7) is -0.417. The van der Waals surface area contributed by atoms with Gasteiger partial charge in [0.05, 0.1) is 17.9 Å². The molecule has 1 heterocycles. The molecule has 0 bridgehead atoms. The predicted octanol–water partition coefficient (Wildman–Crippen LogP) is 1.75. The van der Waals surface area contributed by atoms with Crippen molar-refractivity contribution in [3.05, 3.63) is 53.1 Å². The van der Waals surface area contributed by atoms with Gasteiger partial charge in [-0.25, -0.2) is 13.1 Å². The molecule has 0 spiro atoms. The quantitative estimate of drug-likeness (QED) is 0.736. The Hall–Kier alpha value is -2.42. The third-order valence-corrected chi connectivity index (χ3v) is 5.21. The minimum atomic E-state index is -3.86. The number of hydrogen-bond donors (Lipinski definition) is 3. The van der Waals surface area contributed by atoms with E-state index in [1.807, 2.05) is 0 Å². The highest BCUT2D eigenvalue weighted by Gasteiger charge is 2.22. The first kappa shape index (κ1) is 17.4. The second-order valence-corrected chi connectivity index (χ2v) is 7.63. The number of hydrogen-bond acceptors (Lipinski definition) is 4. The molecule has 9 heteroatoms. The molecule has 25 heavy (non-hydrogen) atoms. The zero-order valence-electron chi connectivity index (χ0n) is 12.9.